The van der Waals surface area contributed by atoms with Gasteiger partial charge < -0.3 is 20.1 Å². The number of hydrogen-bond donors (Lipinski definition) is 2. The van der Waals surface area contributed by atoms with E-state index in [4.69, 9.17) is 21.7 Å². The second-order valence-electron chi connectivity index (χ2n) is 8.92. The number of methoxy groups -OCH3 is 1. The van der Waals surface area contributed by atoms with Gasteiger partial charge in [-0.25, -0.2) is 0 Å². The van der Waals surface area contributed by atoms with E-state index in [0.29, 0.717) is 16.6 Å². The van der Waals surface area contributed by atoms with Crippen LogP contribution >= 0.6 is 12.2 Å². The van der Waals surface area contributed by atoms with Crippen molar-refractivity contribution in [1.82, 2.24) is 5.32 Å². The summed E-state index contributed by atoms with van der Waals surface area (Å²) in [6.07, 6.45) is 0. The Bertz CT molecular complexity index is 1280. The summed E-state index contributed by atoms with van der Waals surface area (Å²) in [6, 6.07) is 21.1. The summed E-state index contributed by atoms with van der Waals surface area (Å²) in [5.74, 6) is 0.470. The van der Waals surface area contributed by atoms with E-state index in [0.717, 1.165) is 28.1 Å². The number of anilines is 2. The lowest BCUT2D eigenvalue weighted by Crippen LogP contribution is -2.72. The maximum atomic E-state index is 13.9. The van der Waals surface area contributed by atoms with Gasteiger partial charge in [-0.2, -0.15) is 0 Å². The van der Waals surface area contributed by atoms with E-state index < -0.39 is 11.6 Å². The predicted molar refractivity (Wildman–Crippen MR) is 137 cm³/mol. The number of para-hydroxylation sites is 2. The number of nitrogens with one attached hydrogen (secondary N) is 2. The van der Waals surface area contributed by atoms with Gasteiger partial charge in [-0.15, -0.1) is 0 Å². The van der Waals surface area contributed by atoms with E-state index >= 15 is 0 Å². The summed E-state index contributed by atoms with van der Waals surface area (Å²) in [7, 11) is 1.61. The SMILES string of the molecule is COc1cccc2c1OC1(C)C(C(=O)Nc3ccc(C)cc3C)C2NC(=S)N1c1ccccc1. The average Bonchev–Trinajstić information content (AvgIpc) is 2.80. The van der Waals surface area contributed by atoms with Gasteiger partial charge in [-0.3, -0.25) is 9.69 Å². The Balaban J connectivity index is 1.64. The smallest absolute Gasteiger partial charge is 0.236 e. The fraction of sp³-hybridized carbons (Fsp3) is 0.259. The number of benzene rings is 3. The second-order valence-corrected chi connectivity index (χ2v) is 9.31. The number of carbonyl (C=O) groups excluding carboxylic acids is 1. The number of amides is 1. The van der Waals surface area contributed by atoms with Gasteiger partial charge in [-0.1, -0.05) is 48.0 Å². The Morgan fingerprint density at radius 2 is 1.88 bits per heavy atom. The molecule has 6 nitrogen and oxygen atoms in total. The summed E-state index contributed by atoms with van der Waals surface area (Å²) in [6.45, 7) is 5.94. The molecule has 0 spiro atoms. The van der Waals surface area contributed by atoms with Crippen LogP contribution < -0.4 is 25.0 Å². The van der Waals surface area contributed by atoms with Crippen LogP contribution in [-0.2, 0) is 4.79 Å². The molecule has 34 heavy (non-hydrogen) atoms. The third kappa shape index (κ3) is 3.47. The molecule has 1 amide bonds. The number of fused-ring (bicyclic) bond motifs is 4. The molecule has 2 aliphatic heterocycles. The molecule has 0 aromatic heterocycles. The fourth-order valence-electron chi connectivity index (χ4n) is 5.06. The second kappa shape index (κ2) is 8.33. The van der Waals surface area contributed by atoms with Crippen molar-refractivity contribution in [3.8, 4) is 11.5 Å². The molecule has 2 bridgehead atoms. The first-order valence-electron chi connectivity index (χ1n) is 11.2. The fourth-order valence-corrected chi connectivity index (χ4v) is 5.47. The number of rotatable bonds is 4. The number of hydrogen-bond acceptors (Lipinski definition) is 4. The zero-order chi connectivity index (χ0) is 24.0. The van der Waals surface area contributed by atoms with Crippen molar-refractivity contribution in [3.63, 3.8) is 0 Å². The van der Waals surface area contributed by atoms with Crippen molar-refractivity contribution in [2.24, 2.45) is 5.92 Å². The molecule has 3 atom stereocenters. The predicted octanol–water partition coefficient (Wildman–Crippen LogP) is 5.11. The Morgan fingerprint density at radius 3 is 2.59 bits per heavy atom. The molecule has 2 heterocycles. The molecule has 174 valence electrons. The van der Waals surface area contributed by atoms with Crippen LogP contribution in [-0.4, -0.2) is 23.9 Å². The highest BCUT2D eigenvalue weighted by atomic mass is 32.1. The minimum Gasteiger partial charge on any atom is -0.493 e. The molecule has 5 rings (SSSR count). The molecule has 0 aliphatic carbocycles. The third-order valence-corrected chi connectivity index (χ3v) is 6.95. The summed E-state index contributed by atoms with van der Waals surface area (Å²) in [5.41, 5.74) is 3.51. The van der Waals surface area contributed by atoms with Crippen molar-refractivity contribution in [2.45, 2.75) is 32.5 Å². The lowest BCUT2D eigenvalue weighted by molar-refractivity contribution is -0.130. The first kappa shape index (κ1) is 22.2. The van der Waals surface area contributed by atoms with E-state index in [-0.39, 0.29) is 11.9 Å². The molecule has 1 saturated heterocycles. The number of nitrogens with zero attached hydrogens (tertiary/aromatic N) is 1. The molecule has 0 radical (unpaired) electrons. The number of aryl methyl sites for hydroxylation is 2. The van der Waals surface area contributed by atoms with Crippen molar-refractivity contribution in [2.75, 3.05) is 17.3 Å². The number of thiocarbonyl (C=S) groups is 1. The molecule has 0 saturated carbocycles. The van der Waals surface area contributed by atoms with Crippen LogP contribution in [0.1, 0.15) is 29.7 Å². The first-order chi connectivity index (χ1) is 16.3. The van der Waals surface area contributed by atoms with Gasteiger partial charge in [0.25, 0.3) is 0 Å². The standard InChI is InChI=1S/C27H27N3O3S/c1-16-13-14-20(17(2)15-16)28-25(31)22-23-19-11-8-12-21(32-4)24(19)33-27(22,3)30(26(34)29-23)18-9-6-5-7-10-18/h5-15,22-23H,1-4H3,(H,28,31)(H,29,34). The first-order valence-corrected chi connectivity index (χ1v) is 11.6. The van der Waals surface area contributed by atoms with E-state index in [1.54, 1.807) is 7.11 Å². The van der Waals surface area contributed by atoms with Gasteiger partial charge in [0.15, 0.2) is 22.3 Å². The summed E-state index contributed by atoms with van der Waals surface area (Å²) < 4.78 is 12.3. The highest BCUT2D eigenvalue weighted by molar-refractivity contribution is 7.80. The van der Waals surface area contributed by atoms with E-state index in [1.165, 1.54) is 0 Å². The van der Waals surface area contributed by atoms with Crippen LogP contribution in [0.3, 0.4) is 0 Å². The zero-order valence-corrected chi connectivity index (χ0v) is 20.4. The van der Waals surface area contributed by atoms with E-state index in [9.17, 15) is 4.79 Å². The zero-order valence-electron chi connectivity index (χ0n) is 19.6. The number of carbonyl (C=O) groups is 1. The largest absolute Gasteiger partial charge is 0.493 e. The van der Waals surface area contributed by atoms with Gasteiger partial charge in [0.2, 0.25) is 5.91 Å². The maximum absolute atomic E-state index is 13.9. The molecular formula is C27H27N3O3S. The molecule has 2 N–H and O–H groups in total. The van der Waals surface area contributed by atoms with E-state index in [2.05, 4.69) is 16.7 Å². The van der Waals surface area contributed by atoms with Gasteiger partial charge in [0.1, 0.15) is 5.92 Å². The van der Waals surface area contributed by atoms with Crippen LogP contribution in [0, 0.1) is 19.8 Å². The molecule has 2 aliphatic rings. The Labute approximate surface area is 204 Å². The van der Waals surface area contributed by atoms with Crippen molar-refractivity contribution in [3.05, 3.63) is 83.4 Å². The average molecular weight is 474 g/mol. The molecule has 1 fully saturated rings. The Kier molecular flexibility index (Phi) is 5.44. The summed E-state index contributed by atoms with van der Waals surface area (Å²) >= 11 is 5.80. The Hall–Kier alpha value is -3.58. The highest BCUT2D eigenvalue weighted by Crippen LogP contribution is 2.52. The molecule has 3 aromatic rings. The van der Waals surface area contributed by atoms with Crippen molar-refractivity contribution >= 4 is 34.6 Å². The third-order valence-electron chi connectivity index (χ3n) is 6.65. The number of ether oxygens (including phenoxy) is 2. The van der Waals surface area contributed by atoms with Crippen LogP contribution in [0.4, 0.5) is 11.4 Å². The minimum absolute atomic E-state index is 0.149. The van der Waals surface area contributed by atoms with Crippen LogP contribution in [0.2, 0.25) is 0 Å². The Morgan fingerprint density at radius 1 is 1.12 bits per heavy atom. The minimum atomic E-state index is -1.10. The van der Waals surface area contributed by atoms with Gasteiger partial charge in [0.05, 0.1) is 13.2 Å². The van der Waals surface area contributed by atoms with Gasteiger partial charge in [0, 0.05) is 16.9 Å². The lowest BCUT2D eigenvalue weighted by atomic mass is 9.78. The van der Waals surface area contributed by atoms with Crippen molar-refractivity contribution in [1.29, 1.82) is 0 Å². The maximum Gasteiger partial charge on any atom is 0.236 e. The summed E-state index contributed by atoms with van der Waals surface area (Å²) in [4.78, 5) is 15.8. The van der Waals surface area contributed by atoms with E-state index in [1.807, 2.05) is 86.3 Å². The topological polar surface area (TPSA) is 62.8 Å². The molecule has 3 aromatic carbocycles. The quantitative estimate of drug-likeness (QED) is 0.514. The van der Waals surface area contributed by atoms with Crippen LogP contribution in [0.25, 0.3) is 0 Å². The lowest BCUT2D eigenvalue weighted by Gasteiger charge is -2.56. The van der Waals surface area contributed by atoms with Crippen LogP contribution in [0.5, 0.6) is 11.5 Å². The van der Waals surface area contributed by atoms with Gasteiger partial charge in [-0.05, 0) is 62.8 Å². The monoisotopic (exact) mass is 473 g/mol. The normalized spacial score (nSPS) is 22.8. The highest BCUT2D eigenvalue weighted by Gasteiger charge is 2.59. The van der Waals surface area contributed by atoms with Gasteiger partial charge >= 0.3 is 0 Å². The molecule has 3 unspecified atom stereocenters. The molecule has 7 heteroatoms. The van der Waals surface area contributed by atoms with Crippen LogP contribution in [0.15, 0.2) is 66.7 Å². The molecular weight excluding hydrogens is 446 g/mol. The van der Waals surface area contributed by atoms with Crippen molar-refractivity contribution < 1.29 is 14.3 Å². The summed E-state index contributed by atoms with van der Waals surface area (Å²) in [5, 5.41) is 7.08.